The van der Waals surface area contributed by atoms with Gasteiger partial charge in [0.2, 0.25) is 88.6 Å². The second-order valence-corrected chi connectivity index (χ2v) is 30.1. The van der Waals surface area contributed by atoms with Crippen LogP contribution < -0.4 is 98.2 Å². The number of nitrogens with two attached hydrogens (primary N) is 6. The monoisotopic (exact) mass is 1660 g/mol. The van der Waals surface area contributed by atoms with Crippen molar-refractivity contribution in [1.29, 1.82) is 0 Å². The summed E-state index contributed by atoms with van der Waals surface area (Å²) in [4.78, 5) is 219. The number of hydrogen-bond donors (Lipinski definition) is 22. The Morgan fingerprint density at radius 3 is 1.89 bits per heavy atom. The molecule has 2 aromatic carbocycles. The van der Waals surface area contributed by atoms with E-state index in [4.69, 9.17) is 34.4 Å². The van der Waals surface area contributed by atoms with Crippen LogP contribution in [0, 0.1) is 0 Å². The third-order valence-electron chi connectivity index (χ3n) is 20.4. The summed E-state index contributed by atoms with van der Waals surface area (Å²) in [6.07, 6.45) is 5.52. The zero-order chi connectivity index (χ0) is 86.8. The normalized spacial score (nSPS) is 20.4. The number of rotatable bonds is 43. The molecule has 0 aliphatic carbocycles. The summed E-state index contributed by atoms with van der Waals surface area (Å²) in [5, 5.41) is 64.2. The maximum absolute atomic E-state index is 15.3. The molecule has 39 nitrogen and oxygen atoms in total. The molecule has 1 aromatic heterocycles. The molecule has 28 N–H and O–H groups in total. The number of carbonyl (C=O) groups excluding carboxylic acids is 15. The quantitative estimate of drug-likeness (QED) is 0.0146. The predicted octanol–water partition coefficient (Wildman–Crippen LogP) is -4.08. The zero-order valence-electron chi connectivity index (χ0n) is 67.8. The summed E-state index contributed by atoms with van der Waals surface area (Å²) < 4.78 is 0. The van der Waals surface area contributed by atoms with Gasteiger partial charge >= 0.3 is 0 Å². The van der Waals surface area contributed by atoms with Crippen LogP contribution >= 0.6 is 0 Å². The summed E-state index contributed by atoms with van der Waals surface area (Å²) in [5.74, 6) is -14.3. The number of amides is 15. The van der Waals surface area contributed by atoms with Crippen LogP contribution in [0.2, 0.25) is 0 Å². The van der Waals surface area contributed by atoms with E-state index in [-0.39, 0.29) is 89.8 Å². The fraction of sp³-hybridized carbons (Fsp3) is 0.620. The fourth-order valence-electron chi connectivity index (χ4n) is 13.7. The number of nitrogens with zero attached hydrogens (tertiary/aromatic N) is 2. The maximum Gasteiger partial charge on any atom is 0.245 e. The smallest absolute Gasteiger partial charge is 0.245 e. The second kappa shape index (κ2) is 52.0. The summed E-state index contributed by atoms with van der Waals surface area (Å²) in [6.45, 7) is 2.65. The average Bonchev–Trinajstić information content (AvgIpc) is 1.66. The van der Waals surface area contributed by atoms with E-state index >= 15 is 4.79 Å². The topological polar surface area (TPSA) is 649 Å². The second-order valence-electron chi connectivity index (χ2n) is 30.1. The molecule has 0 bridgehead atoms. The number of aromatic amines is 1. The van der Waals surface area contributed by atoms with Gasteiger partial charge in [-0.05, 0) is 88.3 Å². The van der Waals surface area contributed by atoms with Gasteiger partial charge in [0.15, 0.2) is 5.96 Å². The number of aliphatic hydroxyl groups is 3. The number of aliphatic imine (C=N–C) groups is 1. The van der Waals surface area contributed by atoms with Crippen LogP contribution in [0.25, 0.3) is 10.9 Å². The van der Waals surface area contributed by atoms with Crippen molar-refractivity contribution >= 4 is 105 Å². The molecule has 5 rings (SSSR count). The van der Waals surface area contributed by atoms with Crippen molar-refractivity contribution in [3.05, 3.63) is 71.9 Å². The molecule has 15 amide bonds. The van der Waals surface area contributed by atoms with Gasteiger partial charge < -0.3 is 123 Å². The molecule has 2 unspecified atom stereocenters. The number of hydrogen-bond acceptors (Lipinski definition) is 21. The van der Waals surface area contributed by atoms with Gasteiger partial charge in [-0.3, -0.25) is 76.9 Å². The van der Waals surface area contributed by atoms with Crippen molar-refractivity contribution in [2.24, 2.45) is 39.4 Å². The number of para-hydroxylation sites is 1. The number of fused-ring (bicyclic) bond motifs is 2. The highest BCUT2D eigenvalue weighted by atomic mass is 16.3. The van der Waals surface area contributed by atoms with Crippen LogP contribution in [-0.2, 0) is 84.8 Å². The molecule has 3 aromatic rings. The minimum absolute atomic E-state index is 0.0108. The van der Waals surface area contributed by atoms with Gasteiger partial charge in [-0.2, -0.15) is 0 Å². The zero-order valence-corrected chi connectivity index (χ0v) is 67.8. The lowest BCUT2D eigenvalue weighted by Crippen LogP contribution is -2.62. The molecule has 0 saturated carbocycles. The lowest BCUT2D eigenvalue weighted by atomic mass is 10.0. The minimum Gasteiger partial charge on any atom is -0.394 e. The number of unbranched alkanes of at least 4 members (excludes halogenated alkanes) is 9. The molecule has 0 spiro atoms. The number of aromatic nitrogens is 1. The largest absolute Gasteiger partial charge is 0.394 e. The molecule has 2 aliphatic rings. The molecule has 14 atom stereocenters. The van der Waals surface area contributed by atoms with Gasteiger partial charge in [-0.1, -0.05) is 127 Å². The van der Waals surface area contributed by atoms with Gasteiger partial charge in [0.25, 0.3) is 0 Å². The van der Waals surface area contributed by atoms with E-state index in [1.54, 1.807) is 55.6 Å². The van der Waals surface area contributed by atoms with E-state index in [0.717, 1.165) is 61.3 Å². The highest BCUT2D eigenvalue weighted by molar-refractivity contribution is 6.00. The summed E-state index contributed by atoms with van der Waals surface area (Å²) >= 11 is 0. The SMILES string of the molecule is CCCCCCCCCCCC(=O)NCC(=O)N[C@@H](CO)C(=O)N[C@H](CCC(N)=O)C(=O)N[C@@H](CC(N)CN)C(=O)N[C@H](C(=O)N[C@@H](CCCC)C(=O)N[C@H]1CCC(=O)NCCCC[C@@H](C(N)=O)NC(=O)[C@H](Cc2c[nH]c3ccccc23)NC(=O)[C@H](CCCN=C(N)N)NC(=O)[C@@H](Cc2ccccc2)NC(=O)[C@@H]2C[C@@H](O)CN2C1=O)C(C)O. The third kappa shape index (κ3) is 34.3. The molecule has 118 heavy (non-hydrogen) atoms. The molecule has 39 heteroatoms. The fourth-order valence-corrected chi connectivity index (χ4v) is 13.7. The van der Waals surface area contributed by atoms with Crippen LogP contribution in [0.15, 0.2) is 65.8 Å². The van der Waals surface area contributed by atoms with Crippen molar-refractivity contribution < 1.29 is 87.2 Å². The van der Waals surface area contributed by atoms with Crippen molar-refractivity contribution in [2.75, 3.05) is 39.3 Å². The van der Waals surface area contributed by atoms with Gasteiger partial charge in [0, 0.05) is 87.8 Å². The maximum atomic E-state index is 15.3. The number of benzene rings is 2. The first-order chi connectivity index (χ1) is 56.4. The number of carbonyl (C=O) groups is 15. The van der Waals surface area contributed by atoms with Crippen LogP contribution in [0.5, 0.6) is 0 Å². The first-order valence-corrected chi connectivity index (χ1v) is 40.9. The van der Waals surface area contributed by atoms with Gasteiger partial charge in [-0.15, -0.1) is 0 Å². The number of aliphatic hydroxyl groups excluding tert-OH is 3. The van der Waals surface area contributed by atoms with E-state index < -0.39 is 232 Å². The molecular formula is C79H125N21O18. The molecule has 654 valence electrons. The van der Waals surface area contributed by atoms with E-state index in [1.807, 2.05) is 12.1 Å². The number of nitrogens with one attached hydrogen (secondary N) is 13. The summed E-state index contributed by atoms with van der Waals surface area (Å²) in [5.41, 5.74) is 36.5. The molecule has 3 heterocycles. The van der Waals surface area contributed by atoms with E-state index in [0.29, 0.717) is 24.0 Å². The Morgan fingerprint density at radius 2 is 1.23 bits per heavy atom. The highest BCUT2D eigenvalue weighted by Crippen LogP contribution is 2.24. The van der Waals surface area contributed by atoms with Gasteiger partial charge in [0.05, 0.1) is 25.4 Å². The Kier molecular flexibility index (Phi) is 43.1. The van der Waals surface area contributed by atoms with Crippen LogP contribution in [0.4, 0.5) is 0 Å². The lowest BCUT2D eigenvalue weighted by molar-refractivity contribution is -0.143. The van der Waals surface area contributed by atoms with Crippen LogP contribution in [0.3, 0.4) is 0 Å². The van der Waals surface area contributed by atoms with Crippen molar-refractivity contribution in [3.8, 4) is 0 Å². The lowest BCUT2D eigenvalue weighted by Gasteiger charge is -2.31. The molecule has 0 radical (unpaired) electrons. The van der Waals surface area contributed by atoms with E-state index in [9.17, 15) is 82.4 Å². The average molecular weight is 1660 g/mol. The first-order valence-electron chi connectivity index (χ1n) is 40.9. The number of primary amides is 2. The molecule has 2 saturated heterocycles. The Morgan fingerprint density at radius 1 is 0.627 bits per heavy atom. The van der Waals surface area contributed by atoms with E-state index in [1.165, 1.54) is 12.8 Å². The van der Waals surface area contributed by atoms with Crippen molar-refractivity contribution in [1.82, 2.24) is 73.7 Å². The molecule has 2 fully saturated rings. The summed E-state index contributed by atoms with van der Waals surface area (Å²) in [7, 11) is 0. The Labute approximate surface area is 686 Å². The predicted molar refractivity (Wildman–Crippen MR) is 436 cm³/mol. The van der Waals surface area contributed by atoms with Crippen molar-refractivity contribution in [3.63, 3.8) is 0 Å². The van der Waals surface area contributed by atoms with Crippen LogP contribution in [0.1, 0.15) is 186 Å². The van der Waals surface area contributed by atoms with Gasteiger partial charge in [0.1, 0.15) is 66.5 Å². The standard InChI is InChI=1S/C79H125N21O18/c1-4-6-8-9-10-11-12-13-17-30-64(105)89-43-66(107)90-61(45-101)75(115)93-56(31-33-63(82)104)71(111)97-60(39-49(81)41-80)74(114)99-67(46(3)102)77(117)94-54(26-7-5-2)69(109)95-57-32-34-65(106)86-35-21-20-28-53(68(83)108)91-73(113)59(38-48-42-88-52-27-19-18-25-51(48)52)96-70(110)55(29-22-36-87-79(84)85)92-72(112)58(37-47-23-15-14-16-24-47)98-76(116)62-40-50(103)44-100(62)78(57)118/h14-16,18-19,23-25,27,42,46,49-50,53-62,67,88,101-103H,4-13,17,20-22,26,28-41,43-45,80-81H2,1-3H3,(H2,82,104)(H2,83,108)(H,86,106)(H,89,105)(H,90,107)(H,91,113)(H,92,112)(H,93,115)(H,94,117)(H,95,109)(H,96,110)(H,97,111)(H,98,116)(H,99,114)(H4,84,85,87)/t46?,49?,50-,53+,54+,55+,56-,57+,58-,59+,60+,61+,62+,67+/m1/s1. The molecular weight excluding hydrogens is 1530 g/mol. The van der Waals surface area contributed by atoms with Crippen LogP contribution in [-0.4, -0.2) is 244 Å². The Hall–Kier alpha value is -10.9. The highest BCUT2D eigenvalue weighted by Gasteiger charge is 2.44. The molecule has 2 aliphatic heterocycles. The first kappa shape index (κ1) is 97.7. The Balaban J connectivity index is 1.41. The number of guanidine groups is 1. The third-order valence-corrected chi connectivity index (χ3v) is 20.4. The van der Waals surface area contributed by atoms with Crippen molar-refractivity contribution in [2.45, 2.75) is 272 Å². The Bertz CT molecular complexity index is 3840. The van der Waals surface area contributed by atoms with E-state index in [2.05, 4.69) is 80.7 Å². The van der Waals surface area contributed by atoms with Gasteiger partial charge in [-0.25, -0.2) is 0 Å². The minimum atomic E-state index is -1.94. The number of H-pyrrole nitrogens is 1. The summed E-state index contributed by atoms with van der Waals surface area (Å²) in [6, 6.07) is -3.09.